The lowest BCUT2D eigenvalue weighted by molar-refractivity contribution is 0.102. The molecule has 2 aromatic carbocycles. The molecule has 0 bridgehead atoms. The van der Waals surface area contributed by atoms with Crippen LogP contribution in [0.15, 0.2) is 58.8 Å². The van der Waals surface area contributed by atoms with Crippen molar-refractivity contribution in [3.05, 3.63) is 69.9 Å². The van der Waals surface area contributed by atoms with Crippen molar-refractivity contribution in [2.45, 2.75) is 17.9 Å². The number of methoxy groups -OCH3 is 2. The Morgan fingerprint density at radius 1 is 1.03 bits per heavy atom. The predicted molar refractivity (Wildman–Crippen MR) is 120 cm³/mol. The van der Waals surface area contributed by atoms with Gasteiger partial charge in [-0.05, 0) is 29.0 Å². The van der Waals surface area contributed by atoms with Crippen LogP contribution in [0.2, 0.25) is 0 Å². The van der Waals surface area contributed by atoms with Crippen molar-refractivity contribution in [1.82, 2.24) is 4.31 Å². The van der Waals surface area contributed by atoms with Crippen LogP contribution in [0.3, 0.4) is 0 Å². The van der Waals surface area contributed by atoms with Gasteiger partial charge in [-0.2, -0.15) is 4.31 Å². The van der Waals surface area contributed by atoms with E-state index in [0.717, 1.165) is 22.5 Å². The van der Waals surface area contributed by atoms with Crippen LogP contribution >= 0.6 is 11.3 Å². The van der Waals surface area contributed by atoms with Crippen molar-refractivity contribution in [1.29, 1.82) is 0 Å². The summed E-state index contributed by atoms with van der Waals surface area (Å²) in [4.78, 5) is 13.1. The molecule has 1 amide bonds. The molecule has 0 spiro atoms. The van der Waals surface area contributed by atoms with Crippen LogP contribution in [-0.4, -0.2) is 39.4 Å². The summed E-state index contributed by atoms with van der Waals surface area (Å²) >= 11 is 1.09. The lowest BCUT2D eigenvalue weighted by atomic mass is 10.0. The van der Waals surface area contributed by atoms with E-state index in [-0.39, 0.29) is 9.77 Å². The smallest absolute Gasteiger partial charge is 0.267 e. The number of hydrogen-bond acceptors (Lipinski definition) is 6. The molecule has 7 nitrogen and oxygen atoms in total. The van der Waals surface area contributed by atoms with Gasteiger partial charge in [0.2, 0.25) is 10.0 Å². The minimum atomic E-state index is -3.82. The Morgan fingerprint density at radius 2 is 1.71 bits per heavy atom. The Bertz CT molecular complexity index is 1200. The van der Waals surface area contributed by atoms with E-state index in [1.807, 2.05) is 24.3 Å². The summed E-state index contributed by atoms with van der Waals surface area (Å²) in [5.74, 6) is 0.530. The molecule has 2 heterocycles. The van der Waals surface area contributed by atoms with Crippen molar-refractivity contribution < 1.29 is 22.7 Å². The lowest BCUT2D eigenvalue weighted by Crippen LogP contribution is -2.36. The fourth-order valence-corrected chi connectivity index (χ4v) is 6.26. The van der Waals surface area contributed by atoms with E-state index in [4.69, 9.17) is 9.47 Å². The number of thiophene rings is 1. The molecule has 1 aliphatic rings. The lowest BCUT2D eigenvalue weighted by Gasteiger charge is -2.28. The second-order valence-corrected chi connectivity index (χ2v) is 9.85. The summed E-state index contributed by atoms with van der Waals surface area (Å²) in [6.07, 6.45) is 0.644. The predicted octanol–water partition coefficient (Wildman–Crippen LogP) is 3.76. The summed E-state index contributed by atoms with van der Waals surface area (Å²) in [5, 5.41) is 4.37. The maximum atomic E-state index is 13.3. The van der Waals surface area contributed by atoms with Gasteiger partial charge >= 0.3 is 0 Å². The molecule has 0 atom stereocenters. The van der Waals surface area contributed by atoms with Gasteiger partial charge in [-0.15, -0.1) is 11.3 Å². The Labute approximate surface area is 185 Å². The fraction of sp³-hybridized carbons (Fsp3) is 0.227. The van der Waals surface area contributed by atoms with Crippen molar-refractivity contribution in [2.24, 2.45) is 0 Å². The van der Waals surface area contributed by atoms with E-state index in [1.165, 1.54) is 24.6 Å². The standard InChI is InChI=1S/C22H22N2O5S2/c1-28-18-11-17(12-19(13-18)29-2)23-22(25)21-20(8-10-30-21)31(26,27)24-9-7-15-5-3-4-6-16(15)14-24/h3-6,8,10-13H,7,9,14H2,1-2H3,(H,23,25). The van der Waals surface area contributed by atoms with Crippen LogP contribution in [0.25, 0.3) is 0 Å². The first-order chi connectivity index (χ1) is 14.9. The van der Waals surface area contributed by atoms with Gasteiger partial charge in [0, 0.05) is 37.0 Å². The van der Waals surface area contributed by atoms with Crippen molar-refractivity contribution >= 4 is 33.0 Å². The number of carbonyl (C=O) groups excluding carboxylic acids is 1. The van der Waals surface area contributed by atoms with Crippen molar-refractivity contribution in [3.8, 4) is 11.5 Å². The van der Waals surface area contributed by atoms with Crippen LogP contribution in [0.1, 0.15) is 20.8 Å². The zero-order valence-electron chi connectivity index (χ0n) is 17.1. The van der Waals surface area contributed by atoms with Crippen LogP contribution in [0.5, 0.6) is 11.5 Å². The number of benzene rings is 2. The number of nitrogens with zero attached hydrogens (tertiary/aromatic N) is 1. The molecule has 31 heavy (non-hydrogen) atoms. The zero-order valence-corrected chi connectivity index (χ0v) is 18.8. The summed E-state index contributed by atoms with van der Waals surface area (Å²) < 4.78 is 38.6. The molecule has 0 aliphatic carbocycles. The second kappa shape index (κ2) is 8.70. The van der Waals surface area contributed by atoms with Crippen molar-refractivity contribution in [3.63, 3.8) is 0 Å². The van der Waals surface area contributed by atoms with E-state index >= 15 is 0 Å². The summed E-state index contributed by atoms with van der Waals surface area (Å²) in [6.45, 7) is 0.672. The summed E-state index contributed by atoms with van der Waals surface area (Å²) in [5.41, 5.74) is 2.59. The SMILES string of the molecule is COc1cc(NC(=O)c2sccc2S(=O)(=O)N2CCc3ccccc3C2)cc(OC)c1. The van der Waals surface area contributed by atoms with Gasteiger partial charge in [-0.25, -0.2) is 8.42 Å². The third kappa shape index (κ3) is 4.30. The molecular formula is C22H22N2O5S2. The van der Waals surface area contributed by atoms with Crippen LogP contribution < -0.4 is 14.8 Å². The topological polar surface area (TPSA) is 84.9 Å². The molecular weight excluding hydrogens is 436 g/mol. The Balaban J connectivity index is 1.59. The number of fused-ring (bicyclic) bond motifs is 1. The maximum Gasteiger partial charge on any atom is 0.267 e. The molecule has 0 unspecified atom stereocenters. The van der Waals surface area contributed by atoms with E-state index < -0.39 is 15.9 Å². The normalized spacial score (nSPS) is 14.0. The molecule has 0 saturated carbocycles. The third-order valence-corrected chi connectivity index (χ3v) is 8.09. The minimum absolute atomic E-state index is 0.0178. The molecule has 162 valence electrons. The quantitative estimate of drug-likeness (QED) is 0.608. The molecule has 1 aromatic heterocycles. The molecule has 3 aromatic rings. The highest BCUT2D eigenvalue weighted by Crippen LogP contribution is 2.31. The summed E-state index contributed by atoms with van der Waals surface area (Å²) in [7, 11) is -0.792. The minimum Gasteiger partial charge on any atom is -0.497 e. The first kappa shape index (κ1) is 21.4. The molecule has 0 saturated heterocycles. The number of anilines is 1. The number of sulfonamides is 1. The van der Waals surface area contributed by atoms with Gasteiger partial charge in [0.05, 0.1) is 14.2 Å². The number of rotatable bonds is 6. The number of amides is 1. The van der Waals surface area contributed by atoms with Gasteiger partial charge in [0.25, 0.3) is 5.91 Å². The number of carbonyl (C=O) groups is 1. The third-order valence-electron chi connectivity index (χ3n) is 5.16. The highest BCUT2D eigenvalue weighted by molar-refractivity contribution is 7.89. The van der Waals surface area contributed by atoms with Crippen LogP contribution in [0.4, 0.5) is 5.69 Å². The molecule has 0 radical (unpaired) electrons. The Hall–Kier alpha value is -2.88. The Morgan fingerprint density at radius 3 is 2.39 bits per heavy atom. The first-order valence-corrected chi connectivity index (χ1v) is 11.9. The van der Waals surface area contributed by atoms with Gasteiger partial charge in [-0.1, -0.05) is 24.3 Å². The second-order valence-electron chi connectivity index (χ2n) is 7.03. The number of nitrogens with one attached hydrogen (secondary N) is 1. The van der Waals surface area contributed by atoms with Gasteiger partial charge in [-0.3, -0.25) is 4.79 Å². The first-order valence-electron chi connectivity index (χ1n) is 9.61. The fourth-order valence-electron chi connectivity index (χ4n) is 3.55. The molecule has 0 fully saturated rings. The average molecular weight is 459 g/mol. The van der Waals surface area contributed by atoms with Gasteiger partial charge in [0.15, 0.2) is 0 Å². The maximum absolute atomic E-state index is 13.3. The zero-order chi connectivity index (χ0) is 22.0. The average Bonchev–Trinajstić information content (AvgIpc) is 3.29. The highest BCUT2D eigenvalue weighted by Gasteiger charge is 2.32. The van der Waals surface area contributed by atoms with E-state index in [2.05, 4.69) is 5.32 Å². The van der Waals surface area contributed by atoms with E-state index in [9.17, 15) is 13.2 Å². The van der Waals surface area contributed by atoms with Gasteiger partial charge < -0.3 is 14.8 Å². The summed E-state index contributed by atoms with van der Waals surface area (Å²) in [6, 6.07) is 14.3. The van der Waals surface area contributed by atoms with Crippen LogP contribution in [0, 0.1) is 0 Å². The number of hydrogen-bond donors (Lipinski definition) is 1. The number of ether oxygens (including phenoxy) is 2. The Kier molecular flexibility index (Phi) is 5.99. The highest BCUT2D eigenvalue weighted by atomic mass is 32.2. The monoisotopic (exact) mass is 458 g/mol. The largest absolute Gasteiger partial charge is 0.497 e. The van der Waals surface area contributed by atoms with Crippen molar-refractivity contribution in [2.75, 3.05) is 26.1 Å². The molecule has 1 N–H and O–H groups in total. The van der Waals surface area contributed by atoms with Crippen LogP contribution in [-0.2, 0) is 23.0 Å². The van der Waals surface area contributed by atoms with E-state index in [0.29, 0.717) is 36.7 Å². The van der Waals surface area contributed by atoms with E-state index in [1.54, 1.807) is 23.6 Å². The molecule has 4 rings (SSSR count). The van der Waals surface area contributed by atoms with Gasteiger partial charge in [0.1, 0.15) is 21.3 Å². The molecule has 1 aliphatic heterocycles. The molecule has 9 heteroatoms.